The van der Waals surface area contributed by atoms with Crippen LogP contribution in [0.5, 0.6) is 0 Å². The van der Waals surface area contributed by atoms with Crippen molar-refractivity contribution < 1.29 is 4.79 Å². The first-order chi connectivity index (χ1) is 11.1. The van der Waals surface area contributed by atoms with Crippen molar-refractivity contribution in [2.24, 2.45) is 5.92 Å². The smallest absolute Gasteiger partial charge is 0.225 e. The summed E-state index contributed by atoms with van der Waals surface area (Å²) in [6.45, 7) is 9.88. The average Bonchev–Trinajstić information content (AvgIpc) is 2.62. The van der Waals surface area contributed by atoms with E-state index in [1.54, 1.807) is 0 Å². The van der Waals surface area contributed by atoms with Crippen LogP contribution in [-0.4, -0.2) is 50.1 Å². The molecular formula is C19H29N3O. The van der Waals surface area contributed by atoms with Crippen LogP contribution in [0.15, 0.2) is 24.3 Å². The largest absolute Gasteiger partial charge is 0.372 e. The van der Waals surface area contributed by atoms with Gasteiger partial charge in [0.2, 0.25) is 5.91 Å². The maximum atomic E-state index is 12.1. The Labute approximate surface area is 140 Å². The maximum Gasteiger partial charge on any atom is 0.225 e. The van der Waals surface area contributed by atoms with Crippen molar-refractivity contribution in [3.63, 3.8) is 0 Å². The van der Waals surface area contributed by atoms with Crippen LogP contribution in [0.3, 0.4) is 0 Å². The molecule has 0 radical (unpaired) electrons. The average molecular weight is 315 g/mol. The summed E-state index contributed by atoms with van der Waals surface area (Å²) in [6, 6.07) is 8.99. The lowest BCUT2D eigenvalue weighted by molar-refractivity contribution is -0.134. The van der Waals surface area contributed by atoms with E-state index in [1.165, 1.54) is 43.7 Å². The van der Waals surface area contributed by atoms with Gasteiger partial charge < -0.3 is 14.7 Å². The van der Waals surface area contributed by atoms with Crippen molar-refractivity contribution in [1.29, 1.82) is 0 Å². The number of amides is 1. The van der Waals surface area contributed by atoms with E-state index in [-0.39, 0.29) is 11.8 Å². The molecule has 1 aromatic carbocycles. The minimum Gasteiger partial charge on any atom is -0.372 e. The second-order valence-corrected chi connectivity index (χ2v) is 7.03. The summed E-state index contributed by atoms with van der Waals surface area (Å²) in [5.74, 6) is 0.385. The van der Waals surface area contributed by atoms with Crippen molar-refractivity contribution in [3.8, 4) is 0 Å². The van der Waals surface area contributed by atoms with Crippen molar-refractivity contribution >= 4 is 17.3 Å². The normalized spacial score (nSPS) is 19.3. The van der Waals surface area contributed by atoms with Gasteiger partial charge in [0.05, 0.1) is 0 Å². The minimum atomic E-state index is 0.102. The lowest BCUT2D eigenvalue weighted by atomic mass is 10.1. The first kappa shape index (κ1) is 16.2. The molecule has 0 aromatic heterocycles. The summed E-state index contributed by atoms with van der Waals surface area (Å²) in [5, 5.41) is 0. The summed E-state index contributed by atoms with van der Waals surface area (Å²) in [4.78, 5) is 19.0. The molecule has 2 saturated heterocycles. The van der Waals surface area contributed by atoms with Gasteiger partial charge in [-0.05, 0) is 43.5 Å². The molecular weight excluding hydrogens is 286 g/mol. The predicted octanol–water partition coefficient (Wildman–Crippen LogP) is 2.98. The van der Waals surface area contributed by atoms with E-state index >= 15 is 0 Å². The number of carbonyl (C=O) groups excluding carboxylic acids is 1. The Bertz CT molecular complexity index is 512. The number of benzene rings is 1. The molecule has 3 rings (SSSR count). The van der Waals surface area contributed by atoms with Crippen LogP contribution in [-0.2, 0) is 4.79 Å². The molecule has 0 atom stereocenters. The number of nitrogens with zero attached hydrogens (tertiary/aromatic N) is 3. The highest BCUT2D eigenvalue weighted by Gasteiger charge is 2.23. The van der Waals surface area contributed by atoms with Gasteiger partial charge in [0.15, 0.2) is 0 Å². The van der Waals surface area contributed by atoms with Crippen LogP contribution < -0.4 is 9.80 Å². The molecule has 0 N–H and O–H groups in total. The third-order valence-electron chi connectivity index (χ3n) is 5.02. The Kier molecular flexibility index (Phi) is 5.09. The highest BCUT2D eigenvalue weighted by molar-refractivity contribution is 5.78. The number of anilines is 2. The molecule has 2 heterocycles. The number of carbonyl (C=O) groups is 1. The SMILES string of the molecule is CC(C)C(=O)N1CCN(c2ccc(N3CCCCC3)cc2)CC1. The number of rotatable bonds is 3. The molecule has 0 unspecified atom stereocenters. The molecule has 4 heteroatoms. The summed E-state index contributed by atoms with van der Waals surface area (Å²) >= 11 is 0. The van der Waals surface area contributed by atoms with Crippen LogP contribution in [0.2, 0.25) is 0 Å². The quantitative estimate of drug-likeness (QED) is 0.858. The predicted molar refractivity (Wildman–Crippen MR) is 96.1 cm³/mol. The molecule has 2 aliphatic heterocycles. The Morgan fingerprint density at radius 1 is 0.783 bits per heavy atom. The third-order valence-corrected chi connectivity index (χ3v) is 5.02. The first-order valence-electron chi connectivity index (χ1n) is 9.04. The van der Waals surface area contributed by atoms with E-state index in [2.05, 4.69) is 34.1 Å². The standard InChI is InChI=1S/C19H29N3O/c1-16(2)19(23)22-14-12-21(13-15-22)18-8-6-17(7-9-18)20-10-4-3-5-11-20/h6-9,16H,3-5,10-15H2,1-2H3. The van der Waals surface area contributed by atoms with Crippen molar-refractivity contribution in [2.75, 3.05) is 49.1 Å². The number of piperazine rings is 1. The fourth-order valence-electron chi connectivity index (χ4n) is 3.58. The van der Waals surface area contributed by atoms with E-state index in [9.17, 15) is 4.79 Å². The summed E-state index contributed by atoms with van der Waals surface area (Å²) in [5.41, 5.74) is 2.63. The summed E-state index contributed by atoms with van der Waals surface area (Å²) < 4.78 is 0. The van der Waals surface area contributed by atoms with Crippen molar-refractivity contribution in [3.05, 3.63) is 24.3 Å². The van der Waals surface area contributed by atoms with Crippen LogP contribution >= 0.6 is 0 Å². The Morgan fingerprint density at radius 2 is 1.26 bits per heavy atom. The lowest BCUT2D eigenvalue weighted by Gasteiger charge is -2.37. The number of hydrogen-bond donors (Lipinski definition) is 0. The second kappa shape index (κ2) is 7.24. The third kappa shape index (κ3) is 3.80. The van der Waals surface area contributed by atoms with Gasteiger partial charge >= 0.3 is 0 Å². The second-order valence-electron chi connectivity index (χ2n) is 7.03. The van der Waals surface area contributed by atoms with E-state index in [1.807, 2.05) is 18.7 Å². The summed E-state index contributed by atoms with van der Waals surface area (Å²) in [6.07, 6.45) is 4.00. The van der Waals surface area contributed by atoms with Crippen LogP contribution in [0.1, 0.15) is 33.1 Å². The zero-order valence-electron chi connectivity index (χ0n) is 14.5. The molecule has 23 heavy (non-hydrogen) atoms. The fourth-order valence-corrected chi connectivity index (χ4v) is 3.58. The van der Waals surface area contributed by atoms with E-state index in [0.29, 0.717) is 0 Å². The Balaban J connectivity index is 1.57. The molecule has 1 amide bonds. The lowest BCUT2D eigenvalue weighted by Crippen LogP contribution is -2.49. The highest BCUT2D eigenvalue weighted by Crippen LogP contribution is 2.24. The minimum absolute atomic E-state index is 0.102. The maximum absolute atomic E-state index is 12.1. The fraction of sp³-hybridized carbons (Fsp3) is 0.632. The molecule has 126 valence electrons. The molecule has 2 fully saturated rings. The van der Waals surface area contributed by atoms with Gasteiger partial charge in [-0.1, -0.05) is 13.8 Å². The van der Waals surface area contributed by atoms with Gasteiger partial charge in [0.25, 0.3) is 0 Å². The molecule has 4 nitrogen and oxygen atoms in total. The van der Waals surface area contributed by atoms with Gasteiger partial charge in [-0.15, -0.1) is 0 Å². The highest BCUT2D eigenvalue weighted by atomic mass is 16.2. The van der Waals surface area contributed by atoms with E-state index < -0.39 is 0 Å². The zero-order valence-corrected chi connectivity index (χ0v) is 14.5. The Hall–Kier alpha value is -1.71. The molecule has 2 aliphatic rings. The number of piperidine rings is 1. The van der Waals surface area contributed by atoms with Crippen LogP contribution in [0.25, 0.3) is 0 Å². The van der Waals surface area contributed by atoms with Crippen molar-refractivity contribution in [2.45, 2.75) is 33.1 Å². The van der Waals surface area contributed by atoms with Gasteiger partial charge in [-0.2, -0.15) is 0 Å². The zero-order chi connectivity index (χ0) is 16.2. The van der Waals surface area contributed by atoms with E-state index in [0.717, 1.165) is 26.2 Å². The first-order valence-corrected chi connectivity index (χ1v) is 9.04. The summed E-state index contributed by atoms with van der Waals surface area (Å²) in [7, 11) is 0. The van der Waals surface area contributed by atoms with Gasteiger partial charge in [0, 0.05) is 56.6 Å². The van der Waals surface area contributed by atoms with Crippen LogP contribution in [0.4, 0.5) is 11.4 Å². The van der Waals surface area contributed by atoms with Gasteiger partial charge in [0.1, 0.15) is 0 Å². The van der Waals surface area contributed by atoms with Gasteiger partial charge in [-0.25, -0.2) is 0 Å². The van der Waals surface area contributed by atoms with Crippen LogP contribution in [0, 0.1) is 5.92 Å². The topological polar surface area (TPSA) is 26.8 Å². The van der Waals surface area contributed by atoms with Crippen molar-refractivity contribution in [1.82, 2.24) is 4.90 Å². The monoisotopic (exact) mass is 315 g/mol. The molecule has 1 aromatic rings. The molecule has 0 spiro atoms. The molecule has 0 bridgehead atoms. The van der Waals surface area contributed by atoms with E-state index in [4.69, 9.17) is 0 Å². The molecule has 0 aliphatic carbocycles. The Morgan fingerprint density at radius 3 is 1.74 bits per heavy atom. The number of hydrogen-bond acceptors (Lipinski definition) is 3. The molecule has 0 saturated carbocycles. The van der Waals surface area contributed by atoms with Gasteiger partial charge in [-0.3, -0.25) is 4.79 Å².